The summed E-state index contributed by atoms with van der Waals surface area (Å²) in [5, 5.41) is 15.6. The number of carbonyl (C=O) groups excluding carboxylic acids is 1. The number of benzene rings is 2. The molecule has 2 aromatic heterocycles. The number of aromatic nitrogens is 3. The number of carbonyl (C=O) groups is 2. The average Bonchev–Trinajstić information content (AvgIpc) is 3.49. The highest BCUT2D eigenvalue weighted by Gasteiger charge is 2.23. The van der Waals surface area contributed by atoms with Crippen LogP contribution < -0.4 is 10.6 Å². The number of anilines is 1. The van der Waals surface area contributed by atoms with Crippen molar-refractivity contribution in [3.05, 3.63) is 101 Å². The molecule has 0 fully saturated rings. The lowest BCUT2D eigenvalue weighted by molar-refractivity contribution is -0.139. The van der Waals surface area contributed by atoms with Gasteiger partial charge in [0.1, 0.15) is 6.04 Å². The second kappa shape index (κ2) is 10.3. The average molecular weight is 472 g/mol. The molecular weight excluding hydrogens is 442 g/mol. The molecule has 8 nitrogen and oxygen atoms in total. The first-order valence-electron chi connectivity index (χ1n) is 11.4. The molecular formula is C27H29N5O3. The van der Waals surface area contributed by atoms with E-state index < -0.39 is 12.0 Å². The Balaban J connectivity index is 1.41. The minimum Gasteiger partial charge on any atom is -0.480 e. The summed E-state index contributed by atoms with van der Waals surface area (Å²) < 4.78 is 2.00. The van der Waals surface area contributed by atoms with Gasteiger partial charge in [0.05, 0.1) is 0 Å². The summed E-state index contributed by atoms with van der Waals surface area (Å²) in [5.41, 5.74) is 6.14. The van der Waals surface area contributed by atoms with Crippen molar-refractivity contribution in [2.24, 2.45) is 0 Å². The normalized spacial score (nSPS) is 11.7. The van der Waals surface area contributed by atoms with Crippen molar-refractivity contribution in [1.82, 2.24) is 19.9 Å². The van der Waals surface area contributed by atoms with Crippen molar-refractivity contribution in [3.63, 3.8) is 0 Å². The fraction of sp³-hybridized carbons (Fsp3) is 0.222. The maximum atomic E-state index is 12.9. The lowest BCUT2D eigenvalue weighted by Gasteiger charge is -2.17. The van der Waals surface area contributed by atoms with Crippen LogP contribution >= 0.6 is 0 Å². The highest BCUT2D eigenvalue weighted by molar-refractivity contribution is 5.99. The summed E-state index contributed by atoms with van der Waals surface area (Å²) in [6, 6.07) is 12.5. The minimum atomic E-state index is -1.07. The zero-order chi connectivity index (χ0) is 24.9. The molecule has 0 aliphatic rings. The van der Waals surface area contributed by atoms with Gasteiger partial charge in [0.2, 0.25) is 0 Å². The number of aryl methyl sites for hydroxylation is 3. The highest BCUT2D eigenvalue weighted by atomic mass is 16.4. The Hall–Kier alpha value is -4.33. The zero-order valence-corrected chi connectivity index (χ0v) is 20.0. The van der Waals surface area contributed by atoms with Crippen molar-refractivity contribution in [1.29, 1.82) is 0 Å². The Morgan fingerprint density at radius 2 is 1.77 bits per heavy atom. The highest BCUT2D eigenvalue weighted by Crippen LogP contribution is 2.18. The van der Waals surface area contributed by atoms with Gasteiger partial charge < -0.3 is 25.3 Å². The quantitative estimate of drug-likeness (QED) is 0.293. The molecule has 2 aromatic carbocycles. The van der Waals surface area contributed by atoms with Crippen LogP contribution in [0.3, 0.4) is 0 Å². The first-order valence-corrected chi connectivity index (χ1v) is 11.4. The second-order valence-corrected chi connectivity index (χ2v) is 8.73. The van der Waals surface area contributed by atoms with Crippen LogP contribution in [0.15, 0.2) is 67.3 Å². The molecule has 180 valence electrons. The molecule has 4 rings (SSSR count). The van der Waals surface area contributed by atoms with Gasteiger partial charge in [-0.1, -0.05) is 29.8 Å². The number of amides is 1. The molecule has 1 amide bonds. The van der Waals surface area contributed by atoms with Crippen LogP contribution in [-0.4, -0.2) is 37.6 Å². The van der Waals surface area contributed by atoms with E-state index in [9.17, 15) is 14.7 Å². The number of aromatic amines is 1. The van der Waals surface area contributed by atoms with E-state index in [1.807, 2.05) is 80.2 Å². The number of rotatable bonds is 9. The van der Waals surface area contributed by atoms with Gasteiger partial charge in [0.25, 0.3) is 5.91 Å². The summed E-state index contributed by atoms with van der Waals surface area (Å²) in [5.74, 6) is -0.717. The fourth-order valence-electron chi connectivity index (χ4n) is 4.26. The molecule has 1 unspecified atom stereocenters. The maximum absolute atomic E-state index is 12.9. The molecule has 0 aliphatic heterocycles. The number of carboxylic acids is 1. The Morgan fingerprint density at radius 3 is 2.40 bits per heavy atom. The smallest absolute Gasteiger partial charge is 0.326 e. The Bertz CT molecular complexity index is 1300. The van der Waals surface area contributed by atoms with Gasteiger partial charge in [-0.05, 0) is 61.2 Å². The molecule has 4 aromatic rings. The van der Waals surface area contributed by atoms with Crippen LogP contribution in [0.25, 0.3) is 5.69 Å². The summed E-state index contributed by atoms with van der Waals surface area (Å²) in [6.45, 7) is 6.34. The number of carboxylic acid groups (broad SMARTS) is 1. The van der Waals surface area contributed by atoms with Crippen molar-refractivity contribution >= 4 is 17.8 Å². The molecule has 35 heavy (non-hydrogen) atoms. The number of imidazole rings is 1. The standard InChI is InChI=1S/C27H29N5O3/c1-17-12-18(2)24(19(3)13-17)25(33)31-23(26(34)35)14-20-4-6-22(7-5-20)32-11-8-21(16-32)15-30-27-28-9-10-29-27/h4-13,16,23H,14-15H2,1-3H3,(H,31,33)(H,34,35)(H2,28,29,30). The number of hydrogen-bond donors (Lipinski definition) is 4. The number of hydrogen-bond acceptors (Lipinski definition) is 4. The molecule has 4 N–H and O–H groups in total. The number of nitrogens with one attached hydrogen (secondary N) is 3. The van der Waals surface area contributed by atoms with E-state index in [0.29, 0.717) is 12.1 Å². The third-order valence-electron chi connectivity index (χ3n) is 5.89. The van der Waals surface area contributed by atoms with Gasteiger partial charge in [0, 0.05) is 49.0 Å². The van der Waals surface area contributed by atoms with Gasteiger partial charge in [-0.2, -0.15) is 0 Å². The van der Waals surface area contributed by atoms with Gasteiger partial charge >= 0.3 is 5.97 Å². The van der Waals surface area contributed by atoms with Crippen molar-refractivity contribution in [2.75, 3.05) is 5.32 Å². The van der Waals surface area contributed by atoms with E-state index in [2.05, 4.69) is 20.6 Å². The molecule has 0 saturated heterocycles. The van der Waals surface area contributed by atoms with Gasteiger partial charge in [-0.3, -0.25) is 4.79 Å². The lowest BCUT2D eigenvalue weighted by atomic mass is 9.98. The molecule has 0 bridgehead atoms. The summed E-state index contributed by atoms with van der Waals surface area (Å²) in [7, 11) is 0. The summed E-state index contributed by atoms with van der Waals surface area (Å²) in [6.07, 6.45) is 7.65. The van der Waals surface area contributed by atoms with Crippen LogP contribution in [0.2, 0.25) is 0 Å². The van der Waals surface area contributed by atoms with Crippen molar-refractivity contribution < 1.29 is 14.7 Å². The van der Waals surface area contributed by atoms with Crippen LogP contribution in [-0.2, 0) is 17.8 Å². The summed E-state index contributed by atoms with van der Waals surface area (Å²) >= 11 is 0. The number of nitrogens with zero attached hydrogens (tertiary/aromatic N) is 2. The van der Waals surface area contributed by atoms with Crippen LogP contribution in [0.5, 0.6) is 0 Å². The van der Waals surface area contributed by atoms with E-state index in [1.165, 1.54) is 0 Å². The monoisotopic (exact) mass is 471 g/mol. The SMILES string of the molecule is Cc1cc(C)c(C(=O)NC(Cc2ccc(-n3ccc(CNc4ncc[nH]4)c3)cc2)C(=O)O)c(C)c1. The predicted octanol–water partition coefficient (Wildman–Crippen LogP) is 4.16. The van der Waals surface area contributed by atoms with Gasteiger partial charge in [-0.15, -0.1) is 0 Å². The van der Waals surface area contributed by atoms with Crippen LogP contribution in [0, 0.1) is 20.8 Å². The Kier molecular flexibility index (Phi) is 7.01. The third-order valence-corrected chi connectivity index (χ3v) is 5.89. The number of aliphatic carboxylic acids is 1. The van der Waals surface area contributed by atoms with Crippen LogP contribution in [0.4, 0.5) is 5.95 Å². The fourth-order valence-corrected chi connectivity index (χ4v) is 4.26. The van der Waals surface area contributed by atoms with E-state index >= 15 is 0 Å². The number of H-pyrrole nitrogens is 1. The Labute approximate surface area is 204 Å². The van der Waals surface area contributed by atoms with Gasteiger partial charge in [-0.25, -0.2) is 9.78 Å². The lowest BCUT2D eigenvalue weighted by Crippen LogP contribution is -2.42. The van der Waals surface area contributed by atoms with Gasteiger partial charge in [0.15, 0.2) is 5.95 Å². The molecule has 8 heteroatoms. The molecule has 0 radical (unpaired) electrons. The molecule has 2 heterocycles. The third kappa shape index (κ3) is 5.78. The summed E-state index contributed by atoms with van der Waals surface area (Å²) in [4.78, 5) is 31.9. The van der Waals surface area contributed by atoms with Crippen LogP contribution in [0.1, 0.15) is 38.2 Å². The van der Waals surface area contributed by atoms with Crippen molar-refractivity contribution in [3.8, 4) is 5.69 Å². The first-order chi connectivity index (χ1) is 16.8. The van der Waals surface area contributed by atoms with E-state index in [0.717, 1.165) is 39.5 Å². The van der Waals surface area contributed by atoms with E-state index in [-0.39, 0.29) is 12.3 Å². The molecule has 0 spiro atoms. The van der Waals surface area contributed by atoms with Crippen molar-refractivity contribution in [2.45, 2.75) is 39.8 Å². The van der Waals surface area contributed by atoms with E-state index in [4.69, 9.17) is 0 Å². The Morgan fingerprint density at radius 1 is 1.06 bits per heavy atom. The predicted molar refractivity (Wildman–Crippen MR) is 135 cm³/mol. The second-order valence-electron chi connectivity index (χ2n) is 8.73. The molecule has 0 aliphatic carbocycles. The van der Waals surface area contributed by atoms with E-state index in [1.54, 1.807) is 12.4 Å². The topological polar surface area (TPSA) is 112 Å². The maximum Gasteiger partial charge on any atom is 0.326 e. The molecule has 0 saturated carbocycles. The largest absolute Gasteiger partial charge is 0.480 e. The minimum absolute atomic E-state index is 0.190. The zero-order valence-electron chi connectivity index (χ0n) is 20.0. The first kappa shape index (κ1) is 23.8. The molecule has 1 atom stereocenters.